The second-order valence-corrected chi connectivity index (χ2v) is 12.9. The molecular weight excluding hydrogens is 558 g/mol. The summed E-state index contributed by atoms with van der Waals surface area (Å²) in [7, 11) is 0. The minimum absolute atomic E-state index is 0.0374. The number of anilines is 1. The maximum atomic E-state index is 13.5. The molecule has 0 saturated heterocycles. The van der Waals surface area contributed by atoms with Gasteiger partial charge in [0.15, 0.2) is 5.78 Å². The smallest absolute Gasteiger partial charge is 0.195 e. The molecule has 234 valence electrons. The van der Waals surface area contributed by atoms with Crippen LogP contribution in [0.1, 0.15) is 103 Å². The zero-order chi connectivity index (χ0) is 31.9. The van der Waals surface area contributed by atoms with Crippen LogP contribution in [0.15, 0.2) is 103 Å². The number of hydrogen-bond acceptors (Lipinski definition) is 2. The van der Waals surface area contributed by atoms with Crippen molar-refractivity contribution in [2.75, 3.05) is 5.73 Å². The molecule has 0 spiro atoms. The van der Waals surface area contributed by atoms with Gasteiger partial charge in [-0.3, -0.25) is 4.79 Å². The Morgan fingerprint density at radius 3 is 1.85 bits per heavy atom. The lowest BCUT2D eigenvalue weighted by Crippen LogP contribution is -2.07. The fraction of sp³-hybridized carbons (Fsp3) is 0.295. The zero-order valence-electron chi connectivity index (χ0n) is 27.6. The monoisotopic (exact) mass is 605 g/mol. The topological polar surface area (TPSA) is 43.1 Å². The largest absolute Gasteiger partial charge is 0.398 e. The molecule has 2 N–H and O–H groups in total. The summed E-state index contributed by atoms with van der Waals surface area (Å²) in [6.07, 6.45) is 13.1. The summed E-state index contributed by atoms with van der Waals surface area (Å²) < 4.78 is 0. The Hall–Kier alpha value is -4.43. The number of hydrogen-bond donors (Lipinski definition) is 1. The molecule has 0 saturated carbocycles. The molecule has 1 aliphatic rings. The summed E-state index contributed by atoms with van der Waals surface area (Å²) in [6.45, 7) is 4.59. The summed E-state index contributed by atoms with van der Waals surface area (Å²) in [4.78, 5) is 13.5. The highest BCUT2D eigenvalue weighted by molar-refractivity contribution is 6.12. The van der Waals surface area contributed by atoms with Crippen LogP contribution >= 0.6 is 0 Å². The summed E-state index contributed by atoms with van der Waals surface area (Å²) in [6, 6.07) is 35.8. The van der Waals surface area contributed by atoms with E-state index in [1.807, 2.05) is 30.3 Å². The molecular formula is C44H47NO. The van der Waals surface area contributed by atoms with Crippen LogP contribution in [0, 0.1) is 0 Å². The molecule has 0 radical (unpaired) electrons. The summed E-state index contributed by atoms with van der Waals surface area (Å²) in [5.74, 6) is -0.0374. The van der Waals surface area contributed by atoms with E-state index in [1.165, 1.54) is 101 Å². The highest BCUT2D eigenvalue weighted by Gasteiger charge is 2.30. The van der Waals surface area contributed by atoms with Crippen molar-refractivity contribution in [2.24, 2.45) is 0 Å². The Bertz CT molecular complexity index is 1800. The van der Waals surface area contributed by atoms with Gasteiger partial charge in [-0.2, -0.15) is 0 Å². The van der Waals surface area contributed by atoms with E-state index in [0.717, 1.165) is 19.3 Å². The second-order valence-electron chi connectivity index (χ2n) is 12.9. The van der Waals surface area contributed by atoms with Gasteiger partial charge in [-0.05, 0) is 99.9 Å². The highest BCUT2D eigenvalue weighted by Crippen LogP contribution is 2.51. The second kappa shape index (κ2) is 14.8. The van der Waals surface area contributed by atoms with Crippen molar-refractivity contribution in [2.45, 2.75) is 84.5 Å². The lowest BCUT2D eigenvalue weighted by atomic mass is 9.78. The van der Waals surface area contributed by atoms with Gasteiger partial charge in [0, 0.05) is 16.8 Å². The quantitative estimate of drug-likeness (QED) is 0.0762. The van der Waals surface area contributed by atoms with Crippen molar-refractivity contribution in [3.63, 3.8) is 0 Å². The molecule has 0 aliphatic heterocycles. The first-order chi connectivity index (χ1) is 22.6. The number of nitrogens with two attached hydrogens (primary N) is 1. The predicted octanol–water partition coefficient (Wildman–Crippen LogP) is 11.7. The van der Waals surface area contributed by atoms with Crippen molar-refractivity contribution in [1.82, 2.24) is 0 Å². The van der Waals surface area contributed by atoms with Gasteiger partial charge in [0.2, 0.25) is 0 Å². The Morgan fingerprint density at radius 2 is 1.17 bits per heavy atom. The van der Waals surface area contributed by atoms with Gasteiger partial charge < -0.3 is 5.73 Å². The van der Waals surface area contributed by atoms with Crippen LogP contribution in [-0.4, -0.2) is 5.78 Å². The standard InChI is InChI=1S/C44H47NO/c1-3-5-7-12-22-36-37(23-13-8-6-4-2)43-35-21-15-14-20-34(35)30-39(43)42(41(36)31-18-10-9-11-19-31)32-26-28-33(29-27-32)44(46)38-24-16-17-25-40(38)45/h9-11,14-21,24-29H,3-8,12-13,22-23,30,45H2,1-2H3. The van der Waals surface area contributed by atoms with Gasteiger partial charge in [0.1, 0.15) is 0 Å². The Labute approximate surface area is 275 Å². The molecule has 0 unspecified atom stereocenters. The molecule has 0 aromatic heterocycles. The van der Waals surface area contributed by atoms with E-state index in [9.17, 15) is 4.79 Å². The highest BCUT2D eigenvalue weighted by atomic mass is 16.1. The van der Waals surface area contributed by atoms with Crippen molar-refractivity contribution in [3.05, 3.63) is 137 Å². The number of carbonyl (C=O) groups is 1. The van der Waals surface area contributed by atoms with Crippen LogP contribution in [0.4, 0.5) is 5.69 Å². The number of ketones is 1. The van der Waals surface area contributed by atoms with Gasteiger partial charge >= 0.3 is 0 Å². The summed E-state index contributed by atoms with van der Waals surface area (Å²) in [5.41, 5.74) is 21.9. The molecule has 2 nitrogen and oxygen atoms in total. The Kier molecular flexibility index (Phi) is 10.1. The van der Waals surface area contributed by atoms with Gasteiger partial charge in [0.05, 0.1) is 0 Å². The Morgan fingerprint density at radius 1 is 0.587 bits per heavy atom. The molecule has 0 bridgehead atoms. The molecule has 6 rings (SSSR count). The molecule has 5 aromatic rings. The van der Waals surface area contributed by atoms with Crippen molar-refractivity contribution >= 4 is 11.5 Å². The van der Waals surface area contributed by atoms with Crippen LogP contribution in [0.3, 0.4) is 0 Å². The fourth-order valence-electron chi connectivity index (χ4n) is 7.42. The van der Waals surface area contributed by atoms with E-state index < -0.39 is 0 Å². The first-order valence-corrected chi connectivity index (χ1v) is 17.5. The van der Waals surface area contributed by atoms with E-state index in [4.69, 9.17) is 5.73 Å². The zero-order valence-corrected chi connectivity index (χ0v) is 27.6. The third-order valence-corrected chi connectivity index (χ3v) is 9.74. The average Bonchev–Trinajstić information content (AvgIpc) is 3.48. The van der Waals surface area contributed by atoms with Gasteiger partial charge in [-0.15, -0.1) is 0 Å². The third-order valence-electron chi connectivity index (χ3n) is 9.74. The number of benzene rings is 5. The van der Waals surface area contributed by atoms with Crippen molar-refractivity contribution in [1.29, 1.82) is 0 Å². The molecule has 0 amide bonds. The van der Waals surface area contributed by atoms with E-state index in [-0.39, 0.29) is 5.78 Å². The predicted molar refractivity (Wildman–Crippen MR) is 196 cm³/mol. The maximum Gasteiger partial charge on any atom is 0.195 e. The molecule has 0 heterocycles. The van der Waals surface area contributed by atoms with Crippen LogP contribution in [0.2, 0.25) is 0 Å². The van der Waals surface area contributed by atoms with Gasteiger partial charge in [-0.25, -0.2) is 0 Å². The fourth-order valence-corrected chi connectivity index (χ4v) is 7.42. The molecule has 2 heteroatoms. The molecule has 1 aliphatic carbocycles. The maximum absolute atomic E-state index is 13.5. The van der Waals surface area contributed by atoms with Crippen LogP contribution in [-0.2, 0) is 19.3 Å². The van der Waals surface area contributed by atoms with Crippen molar-refractivity contribution in [3.8, 4) is 33.4 Å². The van der Waals surface area contributed by atoms with Crippen LogP contribution in [0.5, 0.6) is 0 Å². The number of unbranched alkanes of at least 4 members (excludes halogenated alkanes) is 6. The first-order valence-electron chi connectivity index (χ1n) is 17.5. The number of fused-ring (bicyclic) bond motifs is 3. The van der Waals surface area contributed by atoms with E-state index in [1.54, 1.807) is 11.6 Å². The van der Waals surface area contributed by atoms with Crippen LogP contribution < -0.4 is 5.73 Å². The third kappa shape index (κ3) is 6.44. The first kappa shape index (κ1) is 31.5. The number of nitrogen functional groups attached to an aromatic ring is 1. The molecule has 0 atom stereocenters. The Balaban J connectivity index is 1.57. The minimum atomic E-state index is -0.0374. The minimum Gasteiger partial charge on any atom is -0.398 e. The number of para-hydroxylation sites is 1. The SMILES string of the molecule is CCCCCCc1c(CCCCCC)c(-c2ccccc2)c(-c2ccc(C(=O)c3ccccc3N)cc2)c2c1-c1ccccc1C2. The normalized spacial score (nSPS) is 11.8. The number of rotatable bonds is 14. The summed E-state index contributed by atoms with van der Waals surface area (Å²) >= 11 is 0. The van der Waals surface area contributed by atoms with E-state index >= 15 is 0 Å². The van der Waals surface area contributed by atoms with Gasteiger partial charge in [0.25, 0.3) is 0 Å². The summed E-state index contributed by atoms with van der Waals surface area (Å²) in [5, 5.41) is 0. The van der Waals surface area contributed by atoms with Crippen LogP contribution in [0.25, 0.3) is 33.4 Å². The molecule has 46 heavy (non-hydrogen) atoms. The number of carbonyl (C=O) groups excluding carboxylic acids is 1. The lowest BCUT2D eigenvalue weighted by Gasteiger charge is -2.25. The van der Waals surface area contributed by atoms with E-state index in [2.05, 4.69) is 80.6 Å². The van der Waals surface area contributed by atoms with E-state index in [0.29, 0.717) is 16.8 Å². The van der Waals surface area contributed by atoms with Gasteiger partial charge in [-0.1, -0.05) is 143 Å². The lowest BCUT2D eigenvalue weighted by molar-refractivity contribution is 0.103. The van der Waals surface area contributed by atoms with Crippen molar-refractivity contribution < 1.29 is 4.79 Å². The molecule has 0 fully saturated rings. The average molecular weight is 606 g/mol. The molecule has 5 aromatic carbocycles.